The zero-order chi connectivity index (χ0) is 12.3. The smallest absolute Gasteiger partial charge is 0.137 e. The van der Waals surface area contributed by atoms with Crippen molar-refractivity contribution in [2.45, 2.75) is 12.8 Å². The Morgan fingerprint density at radius 3 is 2.71 bits per heavy atom. The molecule has 0 saturated heterocycles. The molecule has 3 nitrogen and oxygen atoms in total. The minimum atomic E-state index is -1.13. The molecule has 0 bridgehead atoms. The number of carbonyl (C=O) groups is 1. The second-order valence-electron chi connectivity index (χ2n) is 3.62. The van der Waals surface area contributed by atoms with Crippen molar-refractivity contribution in [1.29, 1.82) is 0 Å². The fourth-order valence-electron chi connectivity index (χ4n) is 1.54. The molecule has 0 fully saturated rings. The Morgan fingerprint density at radius 1 is 1.24 bits per heavy atom. The van der Waals surface area contributed by atoms with Crippen LogP contribution in [-0.2, 0) is 11.2 Å². The second kappa shape index (κ2) is 4.82. The molecule has 0 amide bonds. The molecule has 4 heteroatoms. The first-order valence-electron chi connectivity index (χ1n) is 5.20. The van der Waals surface area contributed by atoms with Crippen molar-refractivity contribution < 1.29 is 18.7 Å². The van der Waals surface area contributed by atoms with E-state index in [4.69, 9.17) is 4.42 Å². The summed E-state index contributed by atoms with van der Waals surface area (Å²) in [4.78, 5) is 10.3. The lowest BCUT2D eigenvalue weighted by Crippen LogP contribution is -2.22. The molecular formula is C13H10FO3-. The Balaban J connectivity index is 2.18. The predicted molar refractivity (Wildman–Crippen MR) is 57.4 cm³/mol. The quantitative estimate of drug-likeness (QED) is 0.808. The van der Waals surface area contributed by atoms with Gasteiger partial charge in [-0.2, -0.15) is 0 Å². The summed E-state index contributed by atoms with van der Waals surface area (Å²) in [6, 6.07) is 9.53. The fourth-order valence-corrected chi connectivity index (χ4v) is 1.54. The molecule has 0 aliphatic rings. The van der Waals surface area contributed by atoms with Crippen LogP contribution in [0.4, 0.5) is 4.39 Å². The van der Waals surface area contributed by atoms with Crippen LogP contribution in [0.5, 0.6) is 0 Å². The number of carboxylic acid groups (broad SMARTS) is 1. The average molecular weight is 233 g/mol. The van der Waals surface area contributed by atoms with E-state index in [1.807, 2.05) is 0 Å². The first-order chi connectivity index (χ1) is 8.16. The largest absolute Gasteiger partial charge is 0.550 e. The van der Waals surface area contributed by atoms with Gasteiger partial charge in [0.2, 0.25) is 0 Å². The van der Waals surface area contributed by atoms with Gasteiger partial charge in [0.05, 0.1) is 5.56 Å². The number of aryl methyl sites for hydroxylation is 1. The summed E-state index contributed by atoms with van der Waals surface area (Å²) >= 11 is 0. The van der Waals surface area contributed by atoms with Crippen molar-refractivity contribution in [1.82, 2.24) is 0 Å². The number of furan rings is 1. The molecule has 0 aliphatic heterocycles. The fraction of sp³-hybridized carbons (Fsp3) is 0.154. The van der Waals surface area contributed by atoms with E-state index in [2.05, 4.69) is 0 Å². The van der Waals surface area contributed by atoms with Gasteiger partial charge >= 0.3 is 0 Å². The van der Waals surface area contributed by atoms with E-state index >= 15 is 0 Å². The maximum absolute atomic E-state index is 13.4. The van der Waals surface area contributed by atoms with Crippen molar-refractivity contribution in [3.8, 4) is 11.3 Å². The van der Waals surface area contributed by atoms with Crippen LogP contribution >= 0.6 is 0 Å². The summed E-state index contributed by atoms with van der Waals surface area (Å²) in [7, 11) is 0. The number of carbonyl (C=O) groups excluding carboxylic acids is 1. The lowest BCUT2D eigenvalue weighted by molar-refractivity contribution is -0.305. The van der Waals surface area contributed by atoms with Crippen LogP contribution in [0.15, 0.2) is 40.8 Å². The van der Waals surface area contributed by atoms with Gasteiger partial charge in [-0.05, 0) is 30.7 Å². The van der Waals surface area contributed by atoms with Crippen molar-refractivity contribution in [3.05, 3.63) is 48.0 Å². The standard InChI is InChI=1S/C13H11FO3/c14-11-4-2-1-3-10(11)12-7-5-9(17-12)6-8-13(15)16/h1-5,7H,6,8H2,(H,15,16)/p-1. The first kappa shape index (κ1) is 11.4. The van der Waals surface area contributed by atoms with Crippen molar-refractivity contribution in [2.75, 3.05) is 0 Å². The molecule has 0 saturated carbocycles. The number of hydrogen-bond acceptors (Lipinski definition) is 3. The maximum atomic E-state index is 13.4. The Morgan fingerprint density at radius 2 is 2.00 bits per heavy atom. The number of hydrogen-bond donors (Lipinski definition) is 0. The SMILES string of the molecule is O=C([O-])CCc1ccc(-c2ccccc2F)o1. The molecule has 0 unspecified atom stereocenters. The molecule has 1 aromatic carbocycles. The normalized spacial score (nSPS) is 10.4. The summed E-state index contributed by atoms with van der Waals surface area (Å²) in [5.41, 5.74) is 0.368. The second-order valence-corrected chi connectivity index (χ2v) is 3.62. The zero-order valence-electron chi connectivity index (χ0n) is 8.98. The molecular weight excluding hydrogens is 223 g/mol. The minimum Gasteiger partial charge on any atom is -0.550 e. The molecule has 2 aromatic rings. The Labute approximate surface area is 97.5 Å². The molecule has 1 aromatic heterocycles. The third-order valence-electron chi connectivity index (χ3n) is 2.38. The summed E-state index contributed by atoms with van der Waals surface area (Å²) in [5, 5.41) is 10.3. The number of halogens is 1. The van der Waals surface area contributed by atoms with Crippen LogP contribution in [0.1, 0.15) is 12.2 Å². The molecule has 0 radical (unpaired) electrons. The van der Waals surface area contributed by atoms with Crippen molar-refractivity contribution in [2.24, 2.45) is 0 Å². The summed E-state index contributed by atoms with van der Waals surface area (Å²) in [6.45, 7) is 0. The van der Waals surface area contributed by atoms with Gasteiger partial charge in [0.15, 0.2) is 0 Å². The molecule has 0 N–H and O–H groups in total. The van der Waals surface area contributed by atoms with Gasteiger partial charge in [0.1, 0.15) is 17.3 Å². The van der Waals surface area contributed by atoms with Gasteiger partial charge in [0, 0.05) is 12.4 Å². The molecule has 2 rings (SSSR count). The van der Waals surface area contributed by atoms with Crippen LogP contribution < -0.4 is 5.11 Å². The number of rotatable bonds is 4. The summed E-state index contributed by atoms with van der Waals surface area (Å²) in [5.74, 6) is -0.592. The van der Waals surface area contributed by atoms with Gasteiger partial charge in [0.25, 0.3) is 0 Å². The van der Waals surface area contributed by atoms with E-state index in [1.165, 1.54) is 6.07 Å². The minimum absolute atomic E-state index is 0.107. The van der Waals surface area contributed by atoms with E-state index in [-0.39, 0.29) is 18.7 Å². The van der Waals surface area contributed by atoms with Crippen LogP contribution in [0, 0.1) is 5.82 Å². The van der Waals surface area contributed by atoms with Gasteiger partial charge in [-0.3, -0.25) is 0 Å². The number of aliphatic carboxylic acids is 1. The van der Waals surface area contributed by atoms with Crippen LogP contribution in [0.2, 0.25) is 0 Å². The predicted octanol–water partition coefficient (Wildman–Crippen LogP) is 1.77. The first-order valence-corrected chi connectivity index (χ1v) is 5.20. The third kappa shape index (κ3) is 2.72. The van der Waals surface area contributed by atoms with Gasteiger partial charge in [-0.25, -0.2) is 4.39 Å². The van der Waals surface area contributed by atoms with Crippen LogP contribution in [0.25, 0.3) is 11.3 Å². The zero-order valence-corrected chi connectivity index (χ0v) is 8.98. The molecule has 17 heavy (non-hydrogen) atoms. The van der Waals surface area contributed by atoms with E-state index in [0.717, 1.165) is 0 Å². The molecule has 1 heterocycles. The van der Waals surface area contributed by atoms with Crippen LogP contribution in [0.3, 0.4) is 0 Å². The van der Waals surface area contributed by atoms with Gasteiger partial charge in [-0.15, -0.1) is 0 Å². The lowest BCUT2D eigenvalue weighted by atomic mass is 10.1. The molecule has 0 atom stereocenters. The maximum Gasteiger partial charge on any atom is 0.137 e. The van der Waals surface area contributed by atoms with E-state index in [9.17, 15) is 14.3 Å². The highest BCUT2D eigenvalue weighted by atomic mass is 19.1. The highest BCUT2D eigenvalue weighted by Gasteiger charge is 2.08. The van der Waals surface area contributed by atoms with E-state index in [0.29, 0.717) is 17.1 Å². The van der Waals surface area contributed by atoms with Crippen molar-refractivity contribution >= 4 is 5.97 Å². The van der Waals surface area contributed by atoms with Crippen LogP contribution in [-0.4, -0.2) is 5.97 Å². The summed E-state index contributed by atoms with van der Waals surface area (Å²) in [6.07, 6.45) is 0.140. The Hall–Kier alpha value is -2.10. The molecule has 0 aliphatic carbocycles. The Kier molecular flexibility index (Phi) is 3.23. The van der Waals surface area contributed by atoms with E-state index < -0.39 is 5.97 Å². The monoisotopic (exact) mass is 233 g/mol. The number of carboxylic acids is 1. The van der Waals surface area contributed by atoms with Crippen molar-refractivity contribution in [3.63, 3.8) is 0 Å². The highest BCUT2D eigenvalue weighted by Crippen LogP contribution is 2.25. The average Bonchev–Trinajstić information content (AvgIpc) is 2.75. The molecule has 88 valence electrons. The lowest BCUT2D eigenvalue weighted by Gasteiger charge is -2.00. The van der Waals surface area contributed by atoms with Gasteiger partial charge < -0.3 is 14.3 Å². The highest BCUT2D eigenvalue weighted by molar-refractivity contribution is 5.64. The van der Waals surface area contributed by atoms with E-state index in [1.54, 1.807) is 30.3 Å². The summed E-state index contributed by atoms with van der Waals surface area (Å²) < 4.78 is 18.8. The van der Waals surface area contributed by atoms with Gasteiger partial charge in [-0.1, -0.05) is 12.1 Å². The number of benzene rings is 1. The molecule has 0 spiro atoms. The third-order valence-corrected chi connectivity index (χ3v) is 2.38. The topological polar surface area (TPSA) is 53.3 Å². The Bertz CT molecular complexity index is 531.